The minimum Gasteiger partial charge on any atom is -0.462 e. The molecule has 0 saturated carbocycles. The first kappa shape index (κ1) is 65.9. The van der Waals surface area contributed by atoms with Crippen LogP contribution in [0.15, 0.2) is 24.3 Å². The highest BCUT2D eigenvalue weighted by molar-refractivity contribution is 5.71. The van der Waals surface area contributed by atoms with E-state index in [0.717, 1.165) is 70.6 Å². The predicted octanol–water partition coefficient (Wildman–Crippen LogP) is 20.3. The second-order valence-corrected chi connectivity index (χ2v) is 20.6. The third kappa shape index (κ3) is 54.8. The number of carbonyl (C=O) groups is 3. The normalized spacial score (nSPS) is 12.1. The van der Waals surface area contributed by atoms with Gasteiger partial charge in [0, 0.05) is 19.3 Å². The average molecular weight is 958 g/mol. The van der Waals surface area contributed by atoms with E-state index < -0.39 is 6.10 Å². The van der Waals surface area contributed by atoms with Gasteiger partial charge in [0.15, 0.2) is 6.10 Å². The van der Waals surface area contributed by atoms with Crippen LogP contribution >= 0.6 is 0 Å². The second-order valence-electron chi connectivity index (χ2n) is 20.6. The van der Waals surface area contributed by atoms with E-state index in [1.165, 1.54) is 225 Å². The summed E-state index contributed by atoms with van der Waals surface area (Å²) in [6.07, 6.45) is 67.4. The highest BCUT2D eigenvalue weighted by atomic mass is 16.6. The maximum Gasteiger partial charge on any atom is 0.306 e. The first-order valence-electron chi connectivity index (χ1n) is 30.3. The summed E-state index contributed by atoms with van der Waals surface area (Å²) < 4.78 is 16.9. The zero-order valence-corrected chi connectivity index (χ0v) is 45.9. The number of unbranched alkanes of at least 4 members (excludes halogenated alkanes) is 41. The van der Waals surface area contributed by atoms with E-state index in [2.05, 4.69) is 45.1 Å². The third-order valence-corrected chi connectivity index (χ3v) is 13.7. The van der Waals surface area contributed by atoms with Gasteiger partial charge in [-0.05, 0) is 51.4 Å². The van der Waals surface area contributed by atoms with Crippen molar-refractivity contribution < 1.29 is 28.6 Å². The van der Waals surface area contributed by atoms with E-state index in [-0.39, 0.29) is 31.1 Å². The SMILES string of the molecule is CCCCC/C=C\C/C=C\CCCCCCCCCC(=O)OCC(COC(=O)CCCCCCCCCCCCCCCCCC)OC(=O)CCCCCCCCCCCCCCCCCCC. The average Bonchev–Trinajstić information content (AvgIpc) is 3.34. The van der Waals surface area contributed by atoms with Crippen LogP contribution < -0.4 is 0 Å². The topological polar surface area (TPSA) is 78.9 Å². The molecule has 0 spiro atoms. The molecule has 6 heteroatoms. The summed E-state index contributed by atoms with van der Waals surface area (Å²) in [6, 6.07) is 0. The van der Waals surface area contributed by atoms with Crippen molar-refractivity contribution >= 4 is 17.9 Å². The molecule has 0 heterocycles. The molecule has 0 rings (SSSR count). The Morgan fingerprint density at radius 3 is 0.838 bits per heavy atom. The minimum absolute atomic E-state index is 0.0677. The monoisotopic (exact) mass is 957 g/mol. The Hall–Kier alpha value is -2.11. The van der Waals surface area contributed by atoms with Crippen LogP contribution in [0.2, 0.25) is 0 Å². The van der Waals surface area contributed by atoms with Gasteiger partial charge in [0.25, 0.3) is 0 Å². The highest BCUT2D eigenvalue weighted by Crippen LogP contribution is 2.17. The lowest BCUT2D eigenvalue weighted by Crippen LogP contribution is -2.30. The standard InChI is InChI=1S/C62H116O6/c1-4-7-10-13-16-19-22-25-28-31-34-37-40-43-46-49-52-55-61(64)67-58-59(57-66-60(63)54-51-48-45-42-39-36-33-30-27-24-21-18-15-12-9-6-3)68-62(65)56-53-50-47-44-41-38-35-32-29-26-23-20-17-14-11-8-5-2/h16,19,25,28,59H,4-15,17-18,20-24,26-27,29-58H2,1-3H3/b19-16-,28-25-. The molecular formula is C62H116O6. The van der Waals surface area contributed by atoms with Crippen molar-refractivity contribution in [3.05, 3.63) is 24.3 Å². The van der Waals surface area contributed by atoms with Gasteiger partial charge in [-0.1, -0.05) is 289 Å². The zero-order chi connectivity index (χ0) is 49.3. The number of hydrogen-bond donors (Lipinski definition) is 0. The Labute approximate surface area is 423 Å². The van der Waals surface area contributed by atoms with Crippen molar-refractivity contribution in [2.24, 2.45) is 0 Å². The van der Waals surface area contributed by atoms with Crippen LogP contribution in [0.5, 0.6) is 0 Å². The van der Waals surface area contributed by atoms with Crippen LogP contribution in [0.3, 0.4) is 0 Å². The fourth-order valence-electron chi connectivity index (χ4n) is 9.12. The quantitative estimate of drug-likeness (QED) is 0.0262. The van der Waals surface area contributed by atoms with E-state index in [1.807, 2.05) is 0 Å². The number of ether oxygens (including phenoxy) is 3. The summed E-state index contributed by atoms with van der Waals surface area (Å²) in [6.45, 7) is 6.67. The Kier molecular flexibility index (Phi) is 55.7. The molecule has 0 amide bonds. The first-order chi connectivity index (χ1) is 33.5. The van der Waals surface area contributed by atoms with Gasteiger partial charge in [-0.25, -0.2) is 0 Å². The van der Waals surface area contributed by atoms with E-state index in [0.29, 0.717) is 19.3 Å². The van der Waals surface area contributed by atoms with Gasteiger partial charge in [-0.15, -0.1) is 0 Å². The lowest BCUT2D eigenvalue weighted by atomic mass is 10.0. The number of carbonyl (C=O) groups excluding carboxylic acids is 3. The molecule has 0 fully saturated rings. The molecule has 1 atom stereocenters. The summed E-state index contributed by atoms with van der Waals surface area (Å²) in [5.41, 5.74) is 0. The molecule has 0 radical (unpaired) electrons. The number of rotatable bonds is 56. The lowest BCUT2D eigenvalue weighted by molar-refractivity contribution is -0.167. The Balaban J connectivity index is 4.33. The summed E-state index contributed by atoms with van der Waals surface area (Å²) in [7, 11) is 0. The molecule has 0 aromatic rings. The molecule has 1 unspecified atom stereocenters. The summed E-state index contributed by atoms with van der Waals surface area (Å²) in [5, 5.41) is 0. The van der Waals surface area contributed by atoms with E-state index in [9.17, 15) is 14.4 Å². The first-order valence-corrected chi connectivity index (χ1v) is 30.3. The molecule has 0 bridgehead atoms. The van der Waals surface area contributed by atoms with Gasteiger partial charge < -0.3 is 14.2 Å². The molecule has 0 aliphatic carbocycles. The molecule has 0 aliphatic heterocycles. The van der Waals surface area contributed by atoms with Crippen molar-refractivity contribution in [1.82, 2.24) is 0 Å². The maximum absolute atomic E-state index is 12.9. The van der Waals surface area contributed by atoms with E-state index >= 15 is 0 Å². The van der Waals surface area contributed by atoms with Gasteiger partial charge in [-0.3, -0.25) is 14.4 Å². The molecule has 6 nitrogen and oxygen atoms in total. The smallest absolute Gasteiger partial charge is 0.306 e. The molecule has 400 valence electrons. The Bertz CT molecular complexity index is 1100. The van der Waals surface area contributed by atoms with E-state index in [1.54, 1.807) is 0 Å². The highest BCUT2D eigenvalue weighted by Gasteiger charge is 2.19. The van der Waals surface area contributed by atoms with Crippen molar-refractivity contribution in [3.8, 4) is 0 Å². The van der Waals surface area contributed by atoms with Crippen molar-refractivity contribution in [2.45, 2.75) is 341 Å². The summed E-state index contributed by atoms with van der Waals surface area (Å²) in [5.74, 6) is -0.850. The molecule has 0 aromatic heterocycles. The molecular weight excluding hydrogens is 841 g/mol. The minimum atomic E-state index is -0.770. The van der Waals surface area contributed by atoms with Gasteiger partial charge in [-0.2, -0.15) is 0 Å². The Morgan fingerprint density at radius 2 is 0.529 bits per heavy atom. The van der Waals surface area contributed by atoms with Gasteiger partial charge in [0.1, 0.15) is 13.2 Å². The fraction of sp³-hybridized carbons (Fsp3) is 0.887. The van der Waals surface area contributed by atoms with Gasteiger partial charge >= 0.3 is 17.9 Å². The maximum atomic E-state index is 12.9. The molecule has 0 aliphatic rings. The third-order valence-electron chi connectivity index (χ3n) is 13.7. The molecule has 0 N–H and O–H groups in total. The number of allylic oxidation sites excluding steroid dienone is 4. The fourth-order valence-corrected chi connectivity index (χ4v) is 9.12. The van der Waals surface area contributed by atoms with Crippen LogP contribution in [0, 0.1) is 0 Å². The predicted molar refractivity (Wildman–Crippen MR) is 293 cm³/mol. The summed E-state index contributed by atoms with van der Waals surface area (Å²) in [4.78, 5) is 38.2. The molecule has 0 aromatic carbocycles. The van der Waals surface area contributed by atoms with Gasteiger partial charge in [0.05, 0.1) is 0 Å². The lowest BCUT2D eigenvalue weighted by Gasteiger charge is -2.18. The van der Waals surface area contributed by atoms with Crippen LogP contribution in [-0.4, -0.2) is 37.2 Å². The Morgan fingerprint density at radius 1 is 0.294 bits per heavy atom. The van der Waals surface area contributed by atoms with Crippen molar-refractivity contribution in [3.63, 3.8) is 0 Å². The second kappa shape index (κ2) is 57.5. The van der Waals surface area contributed by atoms with Crippen molar-refractivity contribution in [2.75, 3.05) is 13.2 Å². The number of hydrogen-bond acceptors (Lipinski definition) is 6. The van der Waals surface area contributed by atoms with Crippen LogP contribution in [0.4, 0.5) is 0 Å². The van der Waals surface area contributed by atoms with Crippen molar-refractivity contribution in [1.29, 1.82) is 0 Å². The van der Waals surface area contributed by atoms with Crippen LogP contribution in [-0.2, 0) is 28.6 Å². The molecule has 68 heavy (non-hydrogen) atoms. The number of esters is 3. The zero-order valence-electron chi connectivity index (χ0n) is 45.9. The largest absolute Gasteiger partial charge is 0.462 e. The van der Waals surface area contributed by atoms with Crippen LogP contribution in [0.1, 0.15) is 335 Å². The van der Waals surface area contributed by atoms with Crippen LogP contribution in [0.25, 0.3) is 0 Å². The summed E-state index contributed by atoms with van der Waals surface area (Å²) >= 11 is 0. The van der Waals surface area contributed by atoms with Gasteiger partial charge in [0.2, 0.25) is 0 Å². The molecule has 0 saturated heterocycles. The van der Waals surface area contributed by atoms with E-state index in [4.69, 9.17) is 14.2 Å².